The highest BCUT2D eigenvalue weighted by molar-refractivity contribution is 5.99. The van der Waals surface area contributed by atoms with E-state index in [1.807, 2.05) is 60.7 Å². The standard InChI is InChI=1S/C20H18O2/c21-19(13-11-17-7-3-1-4-8-17)15-16-20(22)14-12-18-9-5-2-6-10-18/h1-14H,15-16H2. The Kier molecular flexibility index (Phi) is 6.06. The Hall–Kier alpha value is -2.74. The Labute approximate surface area is 130 Å². The highest BCUT2D eigenvalue weighted by atomic mass is 16.1. The summed E-state index contributed by atoms with van der Waals surface area (Å²) in [6.07, 6.45) is 7.08. The number of carbonyl (C=O) groups is 2. The summed E-state index contributed by atoms with van der Waals surface area (Å²) in [5, 5.41) is 0. The van der Waals surface area contributed by atoms with Crippen LogP contribution in [0.3, 0.4) is 0 Å². The van der Waals surface area contributed by atoms with E-state index >= 15 is 0 Å². The average molecular weight is 290 g/mol. The molecule has 22 heavy (non-hydrogen) atoms. The Morgan fingerprint density at radius 2 is 1.00 bits per heavy atom. The topological polar surface area (TPSA) is 34.1 Å². The third-order valence-electron chi connectivity index (χ3n) is 3.14. The highest BCUT2D eigenvalue weighted by Gasteiger charge is 2.01. The molecule has 2 nitrogen and oxygen atoms in total. The summed E-state index contributed by atoms with van der Waals surface area (Å²) in [6, 6.07) is 19.2. The zero-order valence-electron chi connectivity index (χ0n) is 12.3. The van der Waals surface area contributed by atoms with E-state index in [0.29, 0.717) is 0 Å². The Morgan fingerprint density at radius 3 is 1.36 bits per heavy atom. The van der Waals surface area contributed by atoms with Crippen molar-refractivity contribution in [1.29, 1.82) is 0 Å². The van der Waals surface area contributed by atoms with E-state index in [-0.39, 0.29) is 24.4 Å². The minimum absolute atomic E-state index is 0.0367. The smallest absolute Gasteiger partial charge is 0.156 e. The zero-order chi connectivity index (χ0) is 15.6. The molecule has 2 heteroatoms. The fourth-order valence-electron chi connectivity index (χ4n) is 1.92. The summed E-state index contributed by atoms with van der Waals surface area (Å²) in [5.41, 5.74) is 1.96. The molecular weight excluding hydrogens is 272 g/mol. The quantitative estimate of drug-likeness (QED) is 0.711. The van der Waals surface area contributed by atoms with E-state index < -0.39 is 0 Å². The van der Waals surface area contributed by atoms with Gasteiger partial charge in [-0.25, -0.2) is 0 Å². The minimum atomic E-state index is -0.0367. The Morgan fingerprint density at radius 1 is 0.636 bits per heavy atom. The predicted octanol–water partition coefficient (Wildman–Crippen LogP) is 4.33. The highest BCUT2D eigenvalue weighted by Crippen LogP contribution is 2.05. The van der Waals surface area contributed by atoms with Crippen LogP contribution in [0.2, 0.25) is 0 Å². The lowest BCUT2D eigenvalue weighted by Gasteiger charge is -1.95. The molecule has 0 bridgehead atoms. The molecule has 0 fully saturated rings. The molecule has 0 aromatic heterocycles. The second-order valence-corrected chi connectivity index (χ2v) is 4.92. The van der Waals surface area contributed by atoms with Crippen LogP contribution in [0.25, 0.3) is 12.2 Å². The predicted molar refractivity (Wildman–Crippen MR) is 90.2 cm³/mol. The molecule has 0 spiro atoms. The maximum atomic E-state index is 11.7. The molecule has 0 saturated heterocycles. The van der Waals surface area contributed by atoms with Gasteiger partial charge in [-0.15, -0.1) is 0 Å². The fourth-order valence-corrected chi connectivity index (χ4v) is 1.92. The first-order valence-electron chi connectivity index (χ1n) is 7.26. The van der Waals surface area contributed by atoms with Gasteiger partial charge in [0.1, 0.15) is 0 Å². The van der Waals surface area contributed by atoms with Gasteiger partial charge in [-0.05, 0) is 23.3 Å². The fraction of sp³-hybridized carbons (Fsp3) is 0.100. The molecule has 0 unspecified atom stereocenters. The first-order chi connectivity index (χ1) is 10.7. The molecule has 0 amide bonds. The average Bonchev–Trinajstić information content (AvgIpc) is 2.58. The van der Waals surface area contributed by atoms with E-state index in [9.17, 15) is 9.59 Å². The van der Waals surface area contributed by atoms with Crippen molar-refractivity contribution in [1.82, 2.24) is 0 Å². The normalized spacial score (nSPS) is 11.1. The Balaban J connectivity index is 1.77. The molecule has 0 aliphatic carbocycles. The summed E-state index contributed by atoms with van der Waals surface area (Å²) in [4.78, 5) is 23.5. The number of hydrogen-bond acceptors (Lipinski definition) is 2. The molecule has 0 saturated carbocycles. The summed E-state index contributed by atoms with van der Waals surface area (Å²) < 4.78 is 0. The lowest BCUT2D eigenvalue weighted by molar-refractivity contribution is -0.119. The van der Waals surface area contributed by atoms with E-state index in [1.165, 1.54) is 12.2 Å². The van der Waals surface area contributed by atoms with Crippen molar-refractivity contribution < 1.29 is 9.59 Å². The van der Waals surface area contributed by atoms with Crippen LogP contribution < -0.4 is 0 Å². The maximum Gasteiger partial charge on any atom is 0.156 e. The van der Waals surface area contributed by atoms with Gasteiger partial charge in [0.05, 0.1) is 0 Å². The molecule has 0 aliphatic rings. The third-order valence-corrected chi connectivity index (χ3v) is 3.14. The van der Waals surface area contributed by atoms with Gasteiger partial charge in [-0.3, -0.25) is 9.59 Å². The van der Waals surface area contributed by atoms with Crippen LogP contribution in [0.1, 0.15) is 24.0 Å². The van der Waals surface area contributed by atoms with Crippen LogP contribution in [0.5, 0.6) is 0 Å². The van der Waals surface area contributed by atoms with Crippen molar-refractivity contribution in [3.05, 3.63) is 83.9 Å². The molecule has 2 aromatic carbocycles. The largest absolute Gasteiger partial charge is 0.295 e. The second kappa shape index (κ2) is 8.53. The number of allylic oxidation sites excluding steroid dienone is 2. The van der Waals surface area contributed by atoms with Crippen LogP contribution in [0, 0.1) is 0 Å². The zero-order valence-corrected chi connectivity index (χ0v) is 12.3. The molecule has 2 rings (SSSR count). The number of rotatable bonds is 7. The van der Waals surface area contributed by atoms with Crippen molar-refractivity contribution in [2.75, 3.05) is 0 Å². The van der Waals surface area contributed by atoms with E-state index in [0.717, 1.165) is 11.1 Å². The van der Waals surface area contributed by atoms with Gasteiger partial charge >= 0.3 is 0 Å². The van der Waals surface area contributed by atoms with Crippen molar-refractivity contribution in [2.45, 2.75) is 12.8 Å². The van der Waals surface area contributed by atoms with Gasteiger partial charge in [0, 0.05) is 12.8 Å². The third kappa shape index (κ3) is 5.71. The number of ketones is 2. The Bertz CT molecular complexity index is 606. The van der Waals surface area contributed by atoms with Crippen LogP contribution in [-0.2, 0) is 9.59 Å². The van der Waals surface area contributed by atoms with Crippen molar-refractivity contribution in [3.63, 3.8) is 0 Å². The summed E-state index contributed by atoms with van der Waals surface area (Å²) in [6.45, 7) is 0. The van der Waals surface area contributed by atoms with Crippen LogP contribution >= 0.6 is 0 Å². The summed E-state index contributed by atoms with van der Waals surface area (Å²) >= 11 is 0. The second-order valence-electron chi connectivity index (χ2n) is 4.92. The van der Waals surface area contributed by atoms with E-state index in [1.54, 1.807) is 12.2 Å². The van der Waals surface area contributed by atoms with E-state index in [2.05, 4.69) is 0 Å². The van der Waals surface area contributed by atoms with Gasteiger partial charge in [0.2, 0.25) is 0 Å². The van der Waals surface area contributed by atoms with Crippen molar-refractivity contribution in [2.24, 2.45) is 0 Å². The van der Waals surface area contributed by atoms with Crippen LogP contribution in [0.15, 0.2) is 72.8 Å². The molecule has 0 aliphatic heterocycles. The number of benzene rings is 2. The molecule has 0 radical (unpaired) electrons. The first-order valence-corrected chi connectivity index (χ1v) is 7.26. The van der Waals surface area contributed by atoms with Crippen LogP contribution in [0.4, 0.5) is 0 Å². The van der Waals surface area contributed by atoms with E-state index in [4.69, 9.17) is 0 Å². The van der Waals surface area contributed by atoms with Crippen molar-refractivity contribution >= 4 is 23.7 Å². The summed E-state index contributed by atoms with van der Waals surface area (Å²) in [7, 11) is 0. The molecule has 0 atom stereocenters. The SMILES string of the molecule is O=C(C=Cc1ccccc1)CCC(=O)C=Cc1ccccc1. The van der Waals surface area contributed by atoms with Gasteiger partial charge in [-0.2, -0.15) is 0 Å². The number of hydrogen-bond donors (Lipinski definition) is 0. The molecule has 0 N–H and O–H groups in total. The molecule has 2 aromatic rings. The van der Waals surface area contributed by atoms with Gasteiger partial charge in [-0.1, -0.05) is 72.8 Å². The minimum Gasteiger partial charge on any atom is -0.295 e. The molecule has 0 heterocycles. The van der Waals surface area contributed by atoms with Gasteiger partial charge < -0.3 is 0 Å². The van der Waals surface area contributed by atoms with Crippen molar-refractivity contribution in [3.8, 4) is 0 Å². The molecular formula is C20H18O2. The van der Waals surface area contributed by atoms with Gasteiger partial charge in [0.25, 0.3) is 0 Å². The van der Waals surface area contributed by atoms with Gasteiger partial charge in [0.15, 0.2) is 11.6 Å². The van der Waals surface area contributed by atoms with Crippen LogP contribution in [-0.4, -0.2) is 11.6 Å². The monoisotopic (exact) mass is 290 g/mol. The lowest BCUT2D eigenvalue weighted by Crippen LogP contribution is -1.99. The molecule has 110 valence electrons. The first kappa shape index (κ1) is 15.6. The summed E-state index contributed by atoms with van der Waals surface area (Å²) in [5.74, 6) is -0.0735. The number of carbonyl (C=O) groups excluding carboxylic acids is 2. The lowest BCUT2D eigenvalue weighted by atomic mass is 10.1. The maximum absolute atomic E-state index is 11.7.